The number of nitrogens with zero attached hydrogens (tertiary/aromatic N) is 3. The average Bonchev–Trinajstić information content (AvgIpc) is 3.52. The van der Waals surface area contributed by atoms with Crippen molar-refractivity contribution in [2.45, 2.75) is 37.3 Å². The maximum atomic E-state index is 13.8. The number of para-hydroxylation sites is 1. The molecular weight excluding hydrogens is 521 g/mol. The number of fused-ring (bicyclic) bond motifs is 3. The highest BCUT2D eigenvalue weighted by Crippen LogP contribution is 2.35. The average molecular weight is 545 g/mol. The zero-order chi connectivity index (χ0) is 25.2. The first kappa shape index (κ1) is 24.1. The normalized spacial score (nSPS) is 13.0. The molecule has 0 aliphatic heterocycles. The lowest BCUT2D eigenvalue weighted by Crippen LogP contribution is -2.23. The highest BCUT2D eigenvalue weighted by atomic mass is 32.2. The Bertz CT molecular complexity index is 1620. The molecule has 1 aliphatic carbocycles. The van der Waals surface area contributed by atoms with Gasteiger partial charge in [-0.3, -0.25) is 14.2 Å². The minimum Gasteiger partial charge on any atom is -0.301 e. The monoisotopic (exact) mass is 544 g/mol. The molecule has 37 heavy (non-hydrogen) atoms. The second-order valence-electron chi connectivity index (χ2n) is 8.89. The predicted octanol–water partition coefficient (Wildman–Crippen LogP) is 6.10. The van der Waals surface area contributed by atoms with E-state index in [9.17, 15) is 9.59 Å². The molecule has 5 aromatic rings. The summed E-state index contributed by atoms with van der Waals surface area (Å²) in [5.41, 5.74) is 3.07. The quantitative estimate of drug-likeness (QED) is 0.198. The number of hydrogen-bond donors (Lipinski definition) is 1. The van der Waals surface area contributed by atoms with Gasteiger partial charge in [-0.2, -0.15) is 0 Å². The molecule has 0 spiro atoms. The Morgan fingerprint density at radius 2 is 1.76 bits per heavy atom. The Hall–Kier alpha value is -3.27. The summed E-state index contributed by atoms with van der Waals surface area (Å²) in [6.45, 7) is 0. The van der Waals surface area contributed by atoms with E-state index in [0.29, 0.717) is 10.3 Å². The Kier molecular flexibility index (Phi) is 6.91. The minimum atomic E-state index is -0.176. The molecule has 0 bridgehead atoms. The highest BCUT2D eigenvalue weighted by Gasteiger charge is 2.23. The van der Waals surface area contributed by atoms with E-state index < -0.39 is 0 Å². The van der Waals surface area contributed by atoms with E-state index in [0.717, 1.165) is 58.4 Å². The Labute approximate surface area is 226 Å². The second-order valence-corrected chi connectivity index (χ2v) is 12.0. The minimum absolute atomic E-state index is 0.0519. The van der Waals surface area contributed by atoms with Crippen molar-refractivity contribution in [1.29, 1.82) is 0 Å². The summed E-state index contributed by atoms with van der Waals surface area (Å²) in [5.74, 6) is -0.0474. The van der Waals surface area contributed by atoms with E-state index >= 15 is 0 Å². The van der Waals surface area contributed by atoms with Crippen molar-refractivity contribution in [2.75, 3.05) is 11.1 Å². The summed E-state index contributed by atoms with van der Waals surface area (Å²) in [5, 5.41) is 4.75. The van der Waals surface area contributed by atoms with Crippen LogP contribution in [0.5, 0.6) is 0 Å². The number of nitrogens with one attached hydrogen (secondary N) is 1. The van der Waals surface area contributed by atoms with Gasteiger partial charge in [-0.15, -0.1) is 22.7 Å². The molecule has 3 aromatic heterocycles. The summed E-state index contributed by atoms with van der Waals surface area (Å²) in [4.78, 5) is 39.0. The molecular formula is C28H24N4O2S3. The van der Waals surface area contributed by atoms with Crippen LogP contribution >= 0.6 is 34.4 Å². The number of rotatable bonds is 7. The largest absolute Gasteiger partial charge is 0.301 e. The van der Waals surface area contributed by atoms with Gasteiger partial charge in [-0.05, 0) is 48.9 Å². The predicted molar refractivity (Wildman–Crippen MR) is 153 cm³/mol. The molecule has 1 N–H and O–H groups in total. The molecule has 0 unspecified atom stereocenters. The molecule has 0 saturated heterocycles. The fraction of sp³-hybridized carbons (Fsp3) is 0.214. The zero-order valence-corrected chi connectivity index (χ0v) is 22.4. The van der Waals surface area contributed by atoms with Crippen molar-refractivity contribution in [3.8, 4) is 5.69 Å². The molecule has 6 rings (SSSR count). The van der Waals surface area contributed by atoms with E-state index in [4.69, 9.17) is 4.98 Å². The standard InChI is InChI=1S/C28H24N4O2S3/c33-23(30-27-29-16-20(36-27)15-18-9-3-1-4-10-18)17-35-28-31-25-24(21-13-7-8-14-22(21)37-25)26(34)32(28)19-11-5-2-6-12-19/h1-6,9-12,16H,7-8,13-15,17H2,(H,29,30,33). The molecule has 0 radical (unpaired) electrons. The Morgan fingerprint density at radius 3 is 2.57 bits per heavy atom. The molecule has 2 aromatic carbocycles. The van der Waals surface area contributed by atoms with Gasteiger partial charge in [0.15, 0.2) is 10.3 Å². The van der Waals surface area contributed by atoms with E-state index in [2.05, 4.69) is 22.4 Å². The molecule has 0 fully saturated rings. The number of thiophene rings is 1. The van der Waals surface area contributed by atoms with Crippen molar-refractivity contribution in [2.24, 2.45) is 0 Å². The summed E-state index contributed by atoms with van der Waals surface area (Å²) in [7, 11) is 0. The topological polar surface area (TPSA) is 76.9 Å². The van der Waals surface area contributed by atoms with Crippen LogP contribution in [0.25, 0.3) is 15.9 Å². The second kappa shape index (κ2) is 10.6. The summed E-state index contributed by atoms with van der Waals surface area (Å²) >= 11 is 4.38. The summed E-state index contributed by atoms with van der Waals surface area (Å²) in [6, 6.07) is 19.7. The van der Waals surface area contributed by atoms with Crippen LogP contribution in [0.2, 0.25) is 0 Å². The van der Waals surface area contributed by atoms with Crippen LogP contribution in [0.1, 0.15) is 33.7 Å². The zero-order valence-electron chi connectivity index (χ0n) is 20.0. The molecule has 186 valence electrons. The van der Waals surface area contributed by atoms with Gasteiger partial charge in [0.05, 0.1) is 16.8 Å². The maximum absolute atomic E-state index is 13.8. The lowest BCUT2D eigenvalue weighted by atomic mass is 9.97. The van der Waals surface area contributed by atoms with Gasteiger partial charge in [0.1, 0.15) is 4.83 Å². The van der Waals surface area contributed by atoms with Crippen LogP contribution in [0, 0.1) is 0 Å². The number of thioether (sulfide) groups is 1. The van der Waals surface area contributed by atoms with E-state index in [-0.39, 0.29) is 17.2 Å². The fourth-order valence-corrected chi connectivity index (χ4v) is 7.60. The van der Waals surface area contributed by atoms with Crippen LogP contribution in [0.3, 0.4) is 0 Å². The first-order chi connectivity index (χ1) is 18.2. The van der Waals surface area contributed by atoms with Gasteiger partial charge < -0.3 is 5.32 Å². The first-order valence-corrected chi connectivity index (χ1v) is 14.8. The van der Waals surface area contributed by atoms with Crippen LogP contribution in [0.15, 0.2) is 76.8 Å². The molecule has 3 heterocycles. The summed E-state index contributed by atoms with van der Waals surface area (Å²) in [6.07, 6.45) is 6.77. The van der Waals surface area contributed by atoms with Gasteiger partial charge in [0.25, 0.3) is 5.56 Å². The number of thiazole rings is 1. The lowest BCUT2D eigenvalue weighted by molar-refractivity contribution is -0.113. The number of amides is 1. The molecule has 0 saturated carbocycles. The van der Waals surface area contributed by atoms with E-state index in [1.54, 1.807) is 15.9 Å². The number of hydrogen-bond acceptors (Lipinski definition) is 7. The fourth-order valence-electron chi connectivity index (χ4n) is 4.62. The van der Waals surface area contributed by atoms with Gasteiger partial charge >= 0.3 is 0 Å². The third-order valence-corrected chi connectivity index (χ3v) is 9.36. The van der Waals surface area contributed by atoms with E-state index in [1.807, 2.05) is 54.7 Å². The molecule has 9 heteroatoms. The Morgan fingerprint density at radius 1 is 1.00 bits per heavy atom. The van der Waals surface area contributed by atoms with Crippen LogP contribution < -0.4 is 10.9 Å². The van der Waals surface area contributed by atoms with E-state index in [1.165, 1.54) is 33.5 Å². The van der Waals surface area contributed by atoms with Crippen molar-refractivity contribution in [3.63, 3.8) is 0 Å². The van der Waals surface area contributed by atoms with Crippen molar-refractivity contribution in [3.05, 3.63) is 98.1 Å². The number of benzene rings is 2. The van der Waals surface area contributed by atoms with Crippen LogP contribution in [-0.4, -0.2) is 26.2 Å². The van der Waals surface area contributed by atoms with Gasteiger partial charge in [-0.25, -0.2) is 9.97 Å². The third kappa shape index (κ3) is 5.12. The van der Waals surface area contributed by atoms with Gasteiger partial charge in [0.2, 0.25) is 5.91 Å². The molecule has 0 atom stereocenters. The molecule has 1 amide bonds. The van der Waals surface area contributed by atoms with Gasteiger partial charge in [0, 0.05) is 22.4 Å². The molecule has 6 nitrogen and oxygen atoms in total. The number of carbonyl (C=O) groups excluding carboxylic acids is 1. The Balaban J connectivity index is 1.24. The highest BCUT2D eigenvalue weighted by molar-refractivity contribution is 7.99. The number of aryl methyl sites for hydroxylation is 2. The van der Waals surface area contributed by atoms with Crippen molar-refractivity contribution < 1.29 is 4.79 Å². The smallest absolute Gasteiger partial charge is 0.267 e. The SMILES string of the molecule is O=C(CSc1nc2sc3c(c2c(=O)n1-c1ccccc1)CCCC3)Nc1ncc(Cc2ccccc2)s1. The van der Waals surface area contributed by atoms with Crippen molar-refractivity contribution in [1.82, 2.24) is 14.5 Å². The summed E-state index contributed by atoms with van der Waals surface area (Å²) < 4.78 is 1.66. The van der Waals surface area contributed by atoms with Crippen LogP contribution in [0.4, 0.5) is 5.13 Å². The first-order valence-electron chi connectivity index (χ1n) is 12.2. The van der Waals surface area contributed by atoms with Crippen LogP contribution in [-0.2, 0) is 24.1 Å². The molecule has 1 aliphatic rings. The lowest BCUT2D eigenvalue weighted by Gasteiger charge is -2.13. The number of carbonyl (C=O) groups is 1. The number of aromatic nitrogens is 3. The number of anilines is 1. The van der Waals surface area contributed by atoms with Gasteiger partial charge in [-0.1, -0.05) is 60.3 Å². The van der Waals surface area contributed by atoms with Crippen molar-refractivity contribution >= 4 is 55.7 Å². The third-order valence-electron chi connectivity index (χ3n) is 6.33. The maximum Gasteiger partial charge on any atom is 0.267 e.